The Morgan fingerprint density at radius 2 is 1.88 bits per heavy atom. The number of benzene rings is 2. The van der Waals surface area contributed by atoms with Crippen LogP contribution in [0.1, 0.15) is 24.4 Å². The molecule has 1 fully saturated rings. The normalized spacial score (nSPS) is 16.4. The Balaban J connectivity index is 1.71. The van der Waals surface area contributed by atoms with E-state index in [-0.39, 0.29) is 18.6 Å². The van der Waals surface area contributed by atoms with Crippen molar-refractivity contribution < 1.29 is 19.0 Å². The number of hydrogen-bond acceptors (Lipinski definition) is 4. The molecule has 1 heterocycles. The van der Waals surface area contributed by atoms with Gasteiger partial charge in [-0.15, -0.1) is 0 Å². The maximum atomic E-state index is 12.7. The lowest BCUT2D eigenvalue weighted by Gasteiger charge is -2.26. The maximum absolute atomic E-state index is 12.7. The van der Waals surface area contributed by atoms with Crippen LogP contribution in [0.5, 0.6) is 17.2 Å². The lowest BCUT2D eigenvalue weighted by molar-refractivity contribution is -0.134. The van der Waals surface area contributed by atoms with Crippen LogP contribution in [-0.2, 0) is 4.79 Å². The van der Waals surface area contributed by atoms with E-state index in [4.69, 9.17) is 25.8 Å². The van der Waals surface area contributed by atoms with Crippen LogP contribution in [0, 0.1) is 0 Å². The molecular weight excluding hydrogens is 354 g/mol. The molecule has 5 nitrogen and oxygen atoms in total. The van der Waals surface area contributed by atoms with Crippen molar-refractivity contribution in [3.63, 3.8) is 0 Å². The third-order valence-corrected chi connectivity index (χ3v) is 4.87. The molecule has 1 amide bonds. The number of ether oxygens (including phenoxy) is 3. The number of para-hydroxylation sites is 1. The van der Waals surface area contributed by atoms with Crippen molar-refractivity contribution >= 4 is 17.5 Å². The molecule has 0 spiro atoms. The van der Waals surface area contributed by atoms with E-state index in [1.807, 2.05) is 35.2 Å². The Morgan fingerprint density at radius 3 is 2.62 bits per heavy atom. The predicted octanol–water partition coefficient (Wildman–Crippen LogP) is 4.10. The van der Waals surface area contributed by atoms with Gasteiger partial charge in [0.2, 0.25) is 0 Å². The van der Waals surface area contributed by atoms with Gasteiger partial charge in [0.15, 0.2) is 18.1 Å². The maximum Gasteiger partial charge on any atom is 0.261 e. The number of carbonyl (C=O) groups excluding carboxylic acids is 1. The summed E-state index contributed by atoms with van der Waals surface area (Å²) in [5, 5.41) is 0.498. The van der Waals surface area contributed by atoms with Gasteiger partial charge in [0.25, 0.3) is 5.91 Å². The molecule has 0 aromatic heterocycles. The highest BCUT2D eigenvalue weighted by Gasteiger charge is 2.30. The minimum Gasteiger partial charge on any atom is -0.493 e. The van der Waals surface area contributed by atoms with Crippen LogP contribution in [0.15, 0.2) is 42.5 Å². The van der Waals surface area contributed by atoms with Crippen molar-refractivity contribution in [3.05, 3.63) is 53.1 Å². The summed E-state index contributed by atoms with van der Waals surface area (Å²) in [5.74, 6) is 1.80. The quantitative estimate of drug-likeness (QED) is 0.762. The van der Waals surface area contributed by atoms with Gasteiger partial charge in [-0.3, -0.25) is 4.79 Å². The van der Waals surface area contributed by atoms with Crippen LogP contribution >= 0.6 is 11.6 Å². The van der Waals surface area contributed by atoms with Crippen LogP contribution in [0.4, 0.5) is 0 Å². The lowest BCUT2D eigenvalue weighted by atomic mass is 10.0. The fourth-order valence-corrected chi connectivity index (χ4v) is 3.45. The first kappa shape index (κ1) is 18.4. The summed E-state index contributed by atoms with van der Waals surface area (Å²) in [7, 11) is 3.21. The molecule has 26 heavy (non-hydrogen) atoms. The highest BCUT2D eigenvalue weighted by molar-refractivity contribution is 6.32. The molecule has 0 radical (unpaired) electrons. The molecule has 138 valence electrons. The van der Waals surface area contributed by atoms with E-state index in [9.17, 15) is 4.79 Å². The summed E-state index contributed by atoms with van der Waals surface area (Å²) >= 11 is 6.08. The predicted molar refractivity (Wildman–Crippen MR) is 100 cm³/mol. The van der Waals surface area contributed by atoms with Gasteiger partial charge >= 0.3 is 0 Å². The first-order valence-corrected chi connectivity index (χ1v) is 8.90. The topological polar surface area (TPSA) is 48.0 Å². The smallest absolute Gasteiger partial charge is 0.261 e. The Kier molecular flexibility index (Phi) is 5.89. The number of hydrogen-bond donors (Lipinski definition) is 0. The monoisotopic (exact) mass is 375 g/mol. The van der Waals surface area contributed by atoms with Crippen molar-refractivity contribution in [2.45, 2.75) is 18.9 Å². The van der Waals surface area contributed by atoms with Crippen LogP contribution < -0.4 is 14.2 Å². The molecule has 1 unspecified atom stereocenters. The second-order valence-corrected chi connectivity index (χ2v) is 6.49. The molecule has 1 aliphatic rings. The van der Waals surface area contributed by atoms with E-state index in [2.05, 4.69) is 0 Å². The SMILES string of the molecule is COc1ccc(C2CCCN2C(=O)COc2ccccc2Cl)cc1OC. The van der Waals surface area contributed by atoms with Gasteiger partial charge in [0.05, 0.1) is 25.3 Å². The zero-order chi connectivity index (χ0) is 18.5. The third kappa shape index (κ3) is 3.88. The second kappa shape index (κ2) is 8.32. The Labute approximate surface area is 158 Å². The molecule has 1 saturated heterocycles. The highest BCUT2D eigenvalue weighted by atomic mass is 35.5. The number of methoxy groups -OCH3 is 2. The summed E-state index contributed by atoms with van der Waals surface area (Å²) in [5.41, 5.74) is 1.03. The Morgan fingerprint density at radius 1 is 1.12 bits per heavy atom. The van der Waals surface area contributed by atoms with Gasteiger partial charge in [-0.25, -0.2) is 0 Å². The number of likely N-dealkylation sites (tertiary alicyclic amines) is 1. The molecule has 2 aromatic rings. The average molecular weight is 376 g/mol. The van der Waals surface area contributed by atoms with E-state index in [0.717, 1.165) is 18.4 Å². The first-order chi connectivity index (χ1) is 12.6. The van der Waals surface area contributed by atoms with E-state index in [0.29, 0.717) is 28.8 Å². The number of rotatable bonds is 6. The van der Waals surface area contributed by atoms with Crippen molar-refractivity contribution in [2.24, 2.45) is 0 Å². The molecule has 0 saturated carbocycles. The number of carbonyl (C=O) groups is 1. The van der Waals surface area contributed by atoms with Crippen molar-refractivity contribution in [2.75, 3.05) is 27.4 Å². The van der Waals surface area contributed by atoms with Crippen molar-refractivity contribution in [3.8, 4) is 17.2 Å². The third-order valence-electron chi connectivity index (χ3n) is 4.55. The fraction of sp³-hybridized carbons (Fsp3) is 0.350. The fourth-order valence-electron chi connectivity index (χ4n) is 3.26. The number of nitrogens with zero attached hydrogens (tertiary/aromatic N) is 1. The van der Waals surface area contributed by atoms with Gasteiger partial charge in [-0.1, -0.05) is 29.8 Å². The summed E-state index contributed by atoms with van der Waals surface area (Å²) in [6.07, 6.45) is 1.87. The van der Waals surface area contributed by atoms with Gasteiger partial charge in [-0.05, 0) is 42.7 Å². The molecule has 0 bridgehead atoms. The molecule has 0 N–H and O–H groups in total. The van der Waals surface area contributed by atoms with Crippen molar-refractivity contribution in [1.29, 1.82) is 0 Å². The summed E-state index contributed by atoms with van der Waals surface area (Å²) in [6.45, 7) is 0.678. The zero-order valence-corrected chi connectivity index (χ0v) is 15.7. The van der Waals surface area contributed by atoms with Gasteiger partial charge in [0, 0.05) is 6.54 Å². The average Bonchev–Trinajstić information content (AvgIpc) is 3.16. The lowest BCUT2D eigenvalue weighted by Crippen LogP contribution is -2.34. The minimum absolute atomic E-state index is 0.0113. The summed E-state index contributed by atoms with van der Waals surface area (Å²) in [4.78, 5) is 14.6. The molecule has 0 aliphatic carbocycles. The van der Waals surface area contributed by atoms with Crippen LogP contribution in [-0.4, -0.2) is 38.2 Å². The zero-order valence-electron chi connectivity index (χ0n) is 14.9. The van der Waals surface area contributed by atoms with Gasteiger partial charge in [-0.2, -0.15) is 0 Å². The highest BCUT2D eigenvalue weighted by Crippen LogP contribution is 2.37. The number of amides is 1. The van der Waals surface area contributed by atoms with E-state index >= 15 is 0 Å². The number of halogens is 1. The summed E-state index contributed by atoms with van der Waals surface area (Å²) in [6, 6.07) is 12.9. The largest absolute Gasteiger partial charge is 0.493 e. The van der Waals surface area contributed by atoms with E-state index in [1.54, 1.807) is 26.4 Å². The molecule has 1 atom stereocenters. The Bertz CT molecular complexity index is 780. The van der Waals surface area contributed by atoms with Gasteiger partial charge < -0.3 is 19.1 Å². The van der Waals surface area contributed by atoms with E-state index < -0.39 is 0 Å². The Hall–Kier alpha value is -2.40. The van der Waals surface area contributed by atoms with Crippen LogP contribution in [0.25, 0.3) is 0 Å². The molecule has 3 rings (SSSR count). The standard InChI is InChI=1S/C20H22ClNO4/c1-24-18-10-9-14(12-19(18)25-2)16-7-5-11-22(16)20(23)13-26-17-8-4-3-6-15(17)21/h3-4,6,8-10,12,16H,5,7,11,13H2,1-2H3. The molecular formula is C20H22ClNO4. The van der Waals surface area contributed by atoms with E-state index in [1.165, 1.54) is 0 Å². The van der Waals surface area contributed by atoms with Crippen molar-refractivity contribution in [1.82, 2.24) is 4.90 Å². The molecule has 6 heteroatoms. The van der Waals surface area contributed by atoms with Gasteiger partial charge in [0.1, 0.15) is 5.75 Å². The summed E-state index contributed by atoms with van der Waals surface area (Å²) < 4.78 is 16.3. The van der Waals surface area contributed by atoms with Crippen LogP contribution in [0.3, 0.4) is 0 Å². The first-order valence-electron chi connectivity index (χ1n) is 8.52. The molecule has 2 aromatic carbocycles. The molecule has 1 aliphatic heterocycles. The minimum atomic E-state index is -0.0535. The van der Waals surface area contributed by atoms with Crippen LogP contribution in [0.2, 0.25) is 5.02 Å². The second-order valence-electron chi connectivity index (χ2n) is 6.08.